The van der Waals surface area contributed by atoms with Crippen LogP contribution in [0.2, 0.25) is 5.02 Å². The smallest absolute Gasteiger partial charge is 0.224 e. The number of para-hydroxylation sites is 1. The van der Waals surface area contributed by atoms with Crippen molar-refractivity contribution in [2.75, 3.05) is 5.32 Å². The van der Waals surface area contributed by atoms with Gasteiger partial charge in [0.25, 0.3) is 0 Å². The number of hydrogen-bond acceptors (Lipinski definition) is 2. The summed E-state index contributed by atoms with van der Waals surface area (Å²) in [5.41, 5.74) is 0.981. The van der Waals surface area contributed by atoms with Crippen molar-refractivity contribution >= 4 is 23.2 Å². The van der Waals surface area contributed by atoms with E-state index in [0.29, 0.717) is 34.2 Å². The fourth-order valence-electron chi connectivity index (χ4n) is 2.47. The summed E-state index contributed by atoms with van der Waals surface area (Å²) in [4.78, 5) is 12.3. The standard InChI is InChI=1S/C21H17ClFNO2/c22-16-11-12-20(26-17-7-2-1-3-8-17)19(14-16)24-21(25)13-10-15-6-4-5-9-18(15)23/h1-9,11-12,14H,10,13H2,(H,24,25). The molecule has 3 rings (SSSR count). The summed E-state index contributed by atoms with van der Waals surface area (Å²) >= 11 is 6.04. The number of nitrogens with one attached hydrogen (secondary N) is 1. The van der Waals surface area contributed by atoms with Crippen molar-refractivity contribution < 1.29 is 13.9 Å². The van der Waals surface area contributed by atoms with Crippen molar-refractivity contribution in [2.24, 2.45) is 0 Å². The average Bonchev–Trinajstić information content (AvgIpc) is 2.64. The zero-order valence-corrected chi connectivity index (χ0v) is 14.7. The van der Waals surface area contributed by atoms with Crippen LogP contribution < -0.4 is 10.1 Å². The van der Waals surface area contributed by atoms with Gasteiger partial charge in [0.1, 0.15) is 11.6 Å². The SMILES string of the molecule is O=C(CCc1ccccc1F)Nc1cc(Cl)ccc1Oc1ccccc1. The highest BCUT2D eigenvalue weighted by Crippen LogP contribution is 2.32. The Morgan fingerprint density at radius 3 is 2.50 bits per heavy atom. The Morgan fingerprint density at radius 1 is 1.00 bits per heavy atom. The number of amides is 1. The second-order valence-corrected chi connectivity index (χ2v) is 6.13. The van der Waals surface area contributed by atoms with Gasteiger partial charge in [0.15, 0.2) is 5.75 Å². The van der Waals surface area contributed by atoms with E-state index in [9.17, 15) is 9.18 Å². The third-order valence-electron chi connectivity index (χ3n) is 3.77. The van der Waals surface area contributed by atoms with E-state index in [1.165, 1.54) is 6.07 Å². The lowest BCUT2D eigenvalue weighted by molar-refractivity contribution is -0.116. The highest BCUT2D eigenvalue weighted by atomic mass is 35.5. The normalized spacial score (nSPS) is 10.4. The van der Waals surface area contributed by atoms with Gasteiger partial charge in [-0.25, -0.2) is 4.39 Å². The third-order valence-corrected chi connectivity index (χ3v) is 4.00. The summed E-state index contributed by atoms with van der Waals surface area (Å²) in [6, 6.07) is 20.7. The molecule has 0 atom stereocenters. The van der Waals surface area contributed by atoms with Crippen LogP contribution in [0.5, 0.6) is 11.5 Å². The molecule has 0 radical (unpaired) electrons. The molecule has 0 bridgehead atoms. The maximum atomic E-state index is 13.7. The van der Waals surface area contributed by atoms with Crippen LogP contribution >= 0.6 is 11.6 Å². The molecule has 132 valence electrons. The van der Waals surface area contributed by atoms with Gasteiger partial charge in [-0.3, -0.25) is 4.79 Å². The zero-order valence-electron chi connectivity index (χ0n) is 13.9. The molecule has 0 spiro atoms. The van der Waals surface area contributed by atoms with E-state index >= 15 is 0 Å². The predicted molar refractivity (Wildman–Crippen MR) is 101 cm³/mol. The van der Waals surface area contributed by atoms with Crippen LogP contribution in [0.4, 0.5) is 10.1 Å². The fraction of sp³-hybridized carbons (Fsp3) is 0.0952. The Balaban J connectivity index is 1.69. The number of ether oxygens (including phenoxy) is 1. The Kier molecular flexibility index (Phi) is 5.87. The van der Waals surface area contributed by atoms with Crippen LogP contribution in [-0.4, -0.2) is 5.91 Å². The minimum atomic E-state index is -0.309. The van der Waals surface area contributed by atoms with Gasteiger partial charge in [-0.2, -0.15) is 0 Å². The first kappa shape index (κ1) is 18.0. The summed E-state index contributed by atoms with van der Waals surface area (Å²) < 4.78 is 19.5. The van der Waals surface area contributed by atoms with Crippen molar-refractivity contribution in [1.82, 2.24) is 0 Å². The van der Waals surface area contributed by atoms with Crippen LogP contribution in [0.3, 0.4) is 0 Å². The number of aryl methyl sites for hydroxylation is 1. The van der Waals surface area contributed by atoms with Gasteiger partial charge >= 0.3 is 0 Å². The van der Waals surface area contributed by atoms with Gasteiger partial charge < -0.3 is 10.1 Å². The summed E-state index contributed by atoms with van der Waals surface area (Å²) in [6.07, 6.45) is 0.464. The molecule has 0 aliphatic heterocycles. The molecule has 0 saturated carbocycles. The van der Waals surface area contributed by atoms with Crippen molar-refractivity contribution in [3.05, 3.63) is 89.2 Å². The fourth-order valence-corrected chi connectivity index (χ4v) is 2.64. The van der Waals surface area contributed by atoms with Gasteiger partial charge in [0.05, 0.1) is 5.69 Å². The van der Waals surface area contributed by atoms with E-state index in [4.69, 9.17) is 16.3 Å². The molecule has 3 aromatic rings. The Bertz CT molecular complexity index is 900. The van der Waals surface area contributed by atoms with E-state index < -0.39 is 0 Å². The summed E-state index contributed by atoms with van der Waals surface area (Å²) in [6.45, 7) is 0. The van der Waals surface area contributed by atoms with Crippen molar-refractivity contribution in [3.8, 4) is 11.5 Å². The Hall–Kier alpha value is -2.85. The van der Waals surface area contributed by atoms with Gasteiger partial charge in [-0.1, -0.05) is 48.0 Å². The number of anilines is 1. The molecule has 0 aliphatic rings. The molecule has 0 aliphatic carbocycles. The molecule has 1 N–H and O–H groups in total. The highest BCUT2D eigenvalue weighted by molar-refractivity contribution is 6.31. The largest absolute Gasteiger partial charge is 0.455 e. The lowest BCUT2D eigenvalue weighted by atomic mass is 10.1. The molecule has 1 amide bonds. The molecule has 0 unspecified atom stereocenters. The van der Waals surface area contributed by atoms with E-state index in [-0.39, 0.29) is 18.1 Å². The van der Waals surface area contributed by atoms with Crippen LogP contribution in [0, 0.1) is 5.82 Å². The van der Waals surface area contributed by atoms with E-state index in [1.807, 2.05) is 30.3 Å². The predicted octanol–water partition coefficient (Wildman–Crippen LogP) is 5.84. The minimum absolute atomic E-state index is 0.151. The number of carbonyl (C=O) groups excluding carboxylic acids is 1. The number of rotatable bonds is 6. The van der Waals surface area contributed by atoms with Crippen LogP contribution in [0.15, 0.2) is 72.8 Å². The van der Waals surface area contributed by atoms with E-state index in [2.05, 4.69) is 5.32 Å². The molecule has 0 saturated heterocycles. The van der Waals surface area contributed by atoms with E-state index in [1.54, 1.807) is 36.4 Å². The molecule has 0 aromatic heterocycles. The van der Waals surface area contributed by atoms with Crippen LogP contribution in [-0.2, 0) is 11.2 Å². The lowest BCUT2D eigenvalue weighted by Gasteiger charge is -2.13. The Labute approximate surface area is 156 Å². The maximum absolute atomic E-state index is 13.7. The second kappa shape index (κ2) is 8.50. The van der Waals surface area contributed by atoms with Crippen LogP contribution in [0.1, 0.15) is 12.0 Å². The van der Waals surface area contributed by atoms with E-state index in [0.717, 1.165) is 0 Å². The van der Waals surface area contributed by atoms with Gasteiger partial charge in [-0.05, 0) is 48.4 Å². The number of halogens is 2. The molecule has 5 heteroatoms. The average molecular weight is 370 g/mol. The molecular weight excluding hydrogens is 353 g/mol. The Morgan fingerprint density at radius 2 is 1.73 bits per heavy atom. The van der Waals surface area contributed by atoms with Crippen LogP contribution in [0.25, 0.3) is 0 Å². The van der Waals surface area contributed by atoms with Gasteiger partial charge in [0.2, 0.25) is 5.91 Å². The highest BCUT2D eigenvalue weighted by Gasteiger charge is 2.11. The number of benzene rings is 3. The van der Waals surface area contributed by atoms with Crippen molar-refractivity contribution in [2.45, 2.75) is 12.8 Å². The summed E-state index contributed by atoms with van der Waals surface area (Å²) in [5, 5.41) is 3.27. The minimum Gasteiger partial charge on any atom is -0.455 e. The first-order valence-corrected chi connectivity index (χ1v) is 8.55. The molecule has 3 nitrogen and oxygen atoms in total. The quantitative estimate of drug-likeness (QED) is 0.592. The molecule has 3 aromatic carbocycles. The number of hydrogen-bond donors (Lipinski definition) is 1. The molecule has 0 heterocycles. The number of carbonyl (C=O) groups is 1. The third kappa shape index (κ3) is 4.83. The maximum Gasteiger partial charge on any atom is 0.224 e. The second-order valence-electron chi connectivity index (χ2n) is 5.70. The van der Waals surface area contributed by atoms with Crippen molar-refractivity contribution in [3.63, 3.8) is 0 Å². The zero-order chi connectivity index (χ0) is 18.4. The molecular formula is C21H17ClFNO2. The molecule has 26 heavy (non-hydrogen) atoms. The van der Waals surface area contributed by atoms with Gasteiger partial charge in [0, 0.05) is 11.4 Å². The topological polar surface area (TPSA) is 38.3 Å². The van der Waals surface area contributed by atoms with Gasteiger partial charge in [-0.15, -0.1) is 0 Å². The first-order chi connectivity index (χ1) is 12.6. The summed E-state index contributed by atoms with van der Waals surface area (Å²) in [5.74, 6) is 0.584. The monoisotopic (exact) mass is 369 g/mol. The van der Waals surface area contributed by atoms with Crippen molar-refractivity contribution in [1.29, 1.82) is 0 Å². The lowest BCUT2D eigenvalue weighted by Crippen LogP contribution is -2.13. The summed E-state index contributed by atoms with van der Waals surface area (Å²) in [7, 11) is 0. The molecule has 0 fully saturated rings. The first-order valence-electron chi connectivity index (χ1n) is 8.17.